The Hall–Kier alpha value is -2.58. The van der Waals surface area contributed by atoms with Gasteiger partial charge in [-0.1, -0.05) is 15.9 Å². The fraction of sp³-hybridized carbons (Fsp3) is 0.333. The molecule has 3 rings (SSSR count). The largest absolute Gasteiger partial charge is 0.464 e. The van der Waals surface area contributed by atoms with Crippen LogP contribution in [0.3, 0.4) is 0 Å². The molecule has 0 aromatic carbocycles. The summed E-state index contributed by atoms with van der Waals surface area (Å²) in [6.07, 6.45) is 3.13. The number of aromatic nitrogens is 5. The quantitative estimate of drug-likeness (QED) is 0.209. The van der Waals surface area contributed by atoms with Gasteiger partial charge in [-0.25, -0.2) is 29.5 Å². The van der Waals surface area contributed by atoms with E-state index >= 15 is 0 Å². The average molecular weight is 568 g/mol. The van der Waals surface area contributed by atoms with Gasteiger partial charge in [0.1, 0.15) is 11.5 Å². The summed E-state index contributed by atoms with van der Waals surface area (Å²) in [4.78, 5) is 37.1. The highest BCUT2D eigenvalue weighted by atomic mass is 79.9. The first-order valence-electron chi connectivity index (χ1n) is 8.78. The van der Waals surface area contributed by atoms with Crippen LogP contribution >= 0.6 is 39.1 Å². The third-order valence-electron chi connectivity index (χ3n) is 3.51. The Bertz CT molecular complexity index is 1040. The van der Waals surface area contributed by atoms with Crippen LogP contribution in [0.4, 0.5) is 5.82 Å². The van der Waals surface area contributed by atoms with Crippen LogP contribution in [0.5, 0.6) is 0 Å². The Morgan fingerprint density at radius 1 is 1.03 bits per heavy atom. The molecule has 3 heterocycles. The lowest BCUT2D eigenvalue weighted by Gasteiger charge is -2.07. The molecule has 0 aliphatic rings. The maximum absolute atomic E-state index is 11.2. The first-order valence-corrected chi connectivity index (χ1v) is 10.7. The molecule has 0 aliphatic heterocycles. The van der Waals surface area contributed by atoms with Crippen LogP contribution in [0.15, 0.2) is 24.5 Å². The number of ether oxygens (including phenoxy) is 4. The molecule has 33 heavy (non-hydrogen) atoms. The predicted molar refractivity (Wildman–Crippen MR) is 124 cm³/mol. The zero-order valence-corrected chi connectivity index (χ0v) is 21.1. The van der Waals surface area contributed by atoms with Gasteiger partial charge in [0.2, 0.25) is 10.6 Å². The molecule has 3 aromatic heterocycles. The number of carbonyl (C=O) groups is 2. The lowest BCUT2D eigenvalue weighted by molar-refractivity contribution is -0.0834. The average Bonchev–Trinajstić information content (AvgIpc) is 3.29. The SMILES string of the molecule is COC(=O)c1cc(N)nc(Cl)n1.COC(=O)c1cc2nccn2c(Cl)n1.COC(CBr)OC. The molecule has 180 valence electrons. The number of nitrogens with zero attached hydrogens (tertiary/aromatic N) is 5. The van der Waals surface area contributed by atoms with Crippen molar-refractivity contribution in [2.45, 2.75) is 6.29 Å². The second kappa shape index (κ2) is 14.5. The van der Waals surface area contributed by atoms with Crippen molar-refractivity contribution in [3.8, 4) is 0 Å². The minimum Gasteiger partial charge on any atom is -0.464 e. The zero-order valence-electron chi connectivity index (χ0n) is 18.0. The number of fused-ring (bicyclic) bond motifs is 1. The Morgan fingerprint density at radius 3 is 2.06 bits per heavy atom. The van der Waals surface area contributed by atoms with E-state index < -0.39 is 11.9 Å². The van der Waals surface area contributed by atoms with E-state index in [2.05, 4.69) is 45.3 Å². The second-order valence-electron chi connectivity index (χ2n) is 5.55. The molecule has 0 aliphatic carbocycles. The Labute approximate surface area is 207 Å². The summed E-state index contributed by atoms with van der Waals surface area (Å²) in [5.41, 5.74) is 6.07. The van der Waals surface area contributed by atoms with Crippen molar-refractivity contribution in [3.63, 3.8) is 0 Å². The topological polar surface area (TPSA) is 153 Å². The molecule has 0 bridgehead atoms. The molecule has 12 nitrogen and oxygen atoms in total. The first-order chi connectivity index (χ1) is 15.7. The van der Waals surface area contributed by atoms with E-state index in [0.29, 0.717) is 5.65 Å². The van der Waals surface area contributed by atoms with Crippen LogP contribution < -0.4 is 5.73 Å². The molecule has 0 fully saturated rings. The molecule has 0 radical (unpaired) electrons. The maximum atomic E-state index is 11.2. The van der Waals surface area contributed by atoms with Crippen LogP contribution in [0.1, 0.15) is 21.0 Å². The van der Waals surface area contributed by atoms with Gasteiger partial charge in [0.05, 0.1) is 19.5 Å². The second-order valence-corrected chi connectivity index (χ2v) is 6.87. The molecule has 0 saturated heterocycles. The summed E-state index contributed by atoms with van der Waals surface area (Å²) in [7, 11) is 5.74. The summed E-state index contributed by atoms with van der Waals surface area (Å²) in [5.74, 6) is -0.987. The van der Waals surface area contributed by atoms with Crippen molar-refractivity contribution in [1.82, 2.24) is 24.3 Å². The minimum absolute atomic E-state index is 0.0509. The van der Waals surface area contributed by atoms with Gasteiger partial charge in [0, 0.05) is 38.7 Å². The number of alkyl halides is 1. The van der Waals surface area contributed by atoms with Crippen LogP contribution in [0.25, 0.3) is 5.65 Å². The van der Waals surface area contributed by atoms with Crippen molar-refractivity contribution >= 4 is 62.5 Å². The van der Waals surface area contributed by atoms with Gasteiger partial charge in [0.25, 0.3) is 0 Å². The van der Waals surface area contributed by atoms with Crippen LogP contribution in [0.2, 0.25) is 10.6 Å². The standard InChI is InChI=1S/C8H6ClN3O2.C6H6ClN3O2.C4H9BrO2/c1-14-7(13)5-4-6-10-2-3-12(6)8(9)11-5;1-12-5(11)3-2-4(8)10-6(7)9-3;1-6-4(3-5)7-2/h2-4H,1H3;2H,1H3,(H2,8,9,10);4H,3H2,1-2H3. The monoisotopic (exact) mass is 566 g/mol. The van der Waals surface area contributed by atoms with E-state index in [-0.39, 0.29) is 34.1 Å². The highest BCUT2D eigenvalue weighted by Crippen LogP contribution is 2.11. The van der Waals surface area contributed by atoms with Gasteiger partial charge in [0.15, 0.2) is 17.7 Å². The number of hydrogen-bond donors (Lipinski definition) is 1. The number of halogens is 3. The van der Waals surface area contributed by atoms with E-state index in [1.165, 1.54) is 26.4 Å². The molecule has 0 amide bonds. The normalized spacial score (nSPS) is 10.1. The first kappa shape index (κ1) is 28.5. The van der Waals surface area contributed by atoms with Gasteiger partial charge in [-0.2, -0.15) is 0 Å². The number of rotatable bonds is 5. The third-order valence-corrected chi connectivity index (χ3v) is 4.47. The Kier molecular flexibility index (Phi) is 12.5. The van der Waals surface area contributed by atoms with Crippen LogP contribution in [0, 0.1) is 0 Å². The number of carbonyl (C=O) groups excluding carboxylic acids is 2. The van der Waals surface area contributed by atoms with Gasteiger partial charge in [-0.05, 0) is 23.2 Å². The molecular formula is C18H21BrCl2N6O6. The molecule has 0 spiro atoms. The summed E-state index contributed by atoms with van der Waals surface area (Å²) in [6.45, 7) is 0. The number of anilines is 1. The molecule has 2 N–H and O–H groups in total. The van der Waals surface area contributed by atoms with Crippen molar-refractivity contribution in [1.29, 1.82) is 0 Å². The third kappa shape index (κ3) is 9.06. The Morgan fingerprint density at radius 2 is 1.61 bits per heavy atom. The molecule has 3 aromatic rings. The number of imidazole rings is 1. The van der Waals surface area contributed by atoms with Gasteiger partial charge >= 0.3 is 11.9 Å². The van der Waals surface area contributed by atoms with Crippen LogP contribution in [-0.4, -0.2) is 76.3 Å². The lowest BCUT2D eigenvalue weighted by Crippen LogP contribution is -2.13. The molecule has 15 heteroatoms. The van der Waals surface area contributed by atoms with Crippen molar-refractivity contribution < 1.29 is 28.5 Å². The molecule has 0 unspecified atom stereocenters. The van der Waals surface area contributed by atoms with Crippen molar-refractivity contribution in [3.05, 3.63) is 46.5 Å². The van der Waals surface area contributed by atoms with Crippen LogP contribution in [-0.2, 0) is 18.9 Å². The number of methoxy groups -OCH3 is 4. The van der Waals surface area contributed by atoms with Gasteiger partial charge in [-0.15, -0.1) is 0 Å². The Balaban J connectivity index is 0.000000263. The van der Waals surface area contributed by atoms with E-state index in [4.69, 9.17) is 38.4 Å². The summed E-state index contributed by atoms with van der Waals surface area (Å²) in [6, 6.07) is 2.80. The van der Waals surface area contributed by atoms with Gasteiger partial charge < -0.3 is 24.7 Å². The predicted octanol–water partition coefficient (Wildman–Crippen LogP) is 2.67. The number of nitrogens with two attached hydrogens (primary N) is 1. The number of esters is 2. The van der Waals surface area contributed by atoms with Gasteiger partial charge in [-0.3, -0.25) is 4.40 Å². The maximum Gasteiger partial charge on any atom is 0.356 e. The van der Waals surface area contributed by atoms with E-state index in [0.717, 1.165) is 5.33 Å². The van der Waals surface area contributed by atoms with E-state index in [1.54, 1.807) is 31.0 Å². The van der Waals surface area contributed by atoms with E-state index in [1.807, 2.05) is 0 Å². The smallest absolute Gasteiger partial charge is 0.356 e. The summed E-state index contributed by atoms with van der Waals surface area (Å²) >= 11 is 14.4. The molecule has 0 saturated carbocycles. The summed E-state index contributed by atoms with van der Waals surface area (Å²) in [5, 5.41) is 0.829. The molecule has 0 atom stereocenters. The fourth-order valence-corrected chi connectivity index (χ4v) is 2.91. The zero-order chi connectivity index (χ0) is 25.0. The minimum atomic E-state index is -0.592. The van der Waals surface area contributed by atoms with Crippen molar-refractivity contribution in [2.75, 3.05) is 39.5 Å². The lowest BCUT2D eigenvalue weighted by atomic mass is 10.4. The summed E-state index contributed by atoms with van der Waals surface area (Å²) < 4.78 is 20.0. The van der Waals surface area contributed by atoms with E-state index in [9.17, 15) is 9.59 Å². The van der Waals surface area contributed by atoms with Crippen molar-refractivity contribution in [2.24, 2.45) is 0 Å². The fourth-order valence-electron chi connectivity index (χ4n) is 1.96. The number of hydrogen-bond acceptors (Lipinski definition) is 11. The molecular weight excluding hydrogens is 547 g/mol. The number of nitrogen functional groups attached to an aromatic ring is 1. The highest BCUT2D eigenvalue weighted by molar-refractivity contribution is 9.09. The highest BCUT2D eigenvalue weighted by Gasteiger charge is 2.11.